The largest absolute Gasteiger partial charge is 0.493 e. The van der Waals surface area contributed by atoms with Crippen LogP contribution in [-0.2, 0) is 12.6 Å². The van der Waals surface area contributed by atoms with Crippen LogP contribution in [0.25, 0.3) is 0 Å². The molecule has 1 aliphatic heterocycles. The summed E-state index contributed by atoms with van der Waals surface area (Å²) in [7, 11) is 3.03. The van der Waals surface area contributed by atoms with E-state index in [0.717, 1.165) is 23.3 Å². The molecule has 0 radical (unpaired) electrons. The zero-order valence-corrected chi connectivity index (χ0v) is 20.9. The number of rotatable bonds is 6. The number of alkyl halides is 3. The predicted octanol–water partition coefficient (Wildman–Crippen LogP) is 6.85. The van der Waals surface area contributed by atoms with E-state index in [1.54, 1.807) is 23.1 Å². The van der Waals surface area contributed by atoms with Crippen LogP contribution in [0.15, 0.2) is 54.6 Å². The van der Waals surface area contributed by atoms with E-state index in [1.165, 1.54) is 32.4 Å². The highest BCUT2D eigenvalue weighted by atomic mass is 35.5. The van der Waals surface area contributed by atoms with Crippen LogP contribution in [0.3, 0.4) is 0 Å². The van der Waals surface area contributed by atoms with E-state index in [0.29, 0.717) is 29.5 Å². The van der Waals surface area contributed by atoms with Crippen LogP contribution < -0.4 is 14.2 Å². The summed E-state index contributed by atoms with van der Waals surface area (Å²) in [5.41, 5.74) is 1.09. The van der Waals surface area contributed by atoms with Gasteiger partial charge in [-0.2, -0.15) is 13.2 Å². The molecule has 0 saturated heterocycles. The molecule has 0 saturated carbocycles. The molecule has 0 fully saturated rings. The van der Waals surface area contributed by atoms with Crippen molar-refractivity contribution in [3.05, 3.63) is 86.9 Å². The number of halogens is 5. The fourth-order valence-electron chi connectivity index (χ4n) is 4.21. The van der Waals surface area contributed by atoms with Crippen LogP contribution in [-0.4, -0.2) is 38.2 Å². The Labute approximate surface area is 216 Å². The topological polar surface area (TPSA) is 48.0 Å². The Balaban J connectivity index is 1.72. The van der Waals surface area contributed by atoms with Crippen molar-refractivity contribution in [3.63, 3.8) is 0 Å². The van der Waals surface area contributed by atoms with Gasteiger partial charge in [-0.25, -0.2) is 0 Å². The number of amides is 1. The first kappa shape index (κ1) is 26.0. The molecule has 1 aliphatic rings. The molecule has 5 nitrogen and oxygen atoms in total. The molecule has 10 heteroatoms. The molecule has 36 heavy (non-hydrogen) atoms. The van der Waals surface area contributed by atoms with Crippen LogP contribution >= 0.6 is 23.2 Å². The van der Waals surface area contributed by atoms with E-state index in [9.17, 15) is 18.0 Å². The van der Waals surface area contributed by atoms with Crippen LogP contribution in [0.1, 0.15) is 33.1 Å². The third kappa shape index (κ3) is 5.34. The molecule has 0 bridgehead atoms. The molecule has 0 N–H and O–H groups in total. The zero-order chi connectivity index (χ0) is 26.0. The Hall–Kier alpha value is -3.10. The first-order valence-electron chi connectivity index (χ1n) is 10.9. The zero-order valence-electron chi connectivity index (χ0n) is 19.4. The van der Waals surface area contributed by atoms with Gasteiger partial charge in [-0.05, 0) is 66.1 Å². The van der Waals surface area contributed by atoms with Gasteiger partial charge in [0.2, 0.25) is 0 Å². The average molecular weight is 540 g/mol. The molecular formula is C26H22Cl2F3NO4. The van der Waals surface area contributed by atoms with E-state index in [2.05, 4.69) is 0 Å². The van der Waals surface area contributed by atoms with Gasteiger partial charge in [0, 0.05) is 11.6 Å². The highest BCUT2D eigenvalue weighted by molar-refractivity contribution is 6.36. The summed E-state index contributed by atoms with van der Waals surface area (Å²) < 4.78 is 56.2. The van der Waals surface area contributed by atoms with E-state index >= 15 is 0 Å². The van der Waals surface area contributed by atoms with Gasteiger partial charge >= 0.3 is 6.18 Å². The fraction of sp³-hybridized carbons (Fsp3) is 0.269. The van der Waals surface area contributed by atoms with Crippen molar-refractivity contribution < 1.29 is 32.2 Å². The summed E-state index contributed by atoms with van der Waals surface area (Å²) in [6.07, 6.45) is -3.99. The third-order valence-electron chi connectivity index (χ3n) is 5.99. The van der Waals surface area contributed by atoms with Gasteiger partial charge in [0.15, 0.2) is 11.5 Å². The Morgan fingerprint density at radius 3 is 2.42 bits per heavy atom. The number of nitrogens with zero attached hydrogens (tertiary/aromatic N) is 1. The number of benzene rings is 3. The average Bonchev–Trinajstić information content (AvgIpc) is 2.85. The second-order valence-electron chi connectivity index (χ2n) is 8.13. The Bertz CT molecular complexity index is 1280. The summed E-state index contributed by atoms with van der Waals surface area (Å²) in [6, 6.07) is 12.2. The maximum absolute atomic E-state index is 13.6. The number of hydrogen-bond acceptors (Lipinski definition) is 4. The molecule has 0 spiro atoms. The van der Waals surface area contributed by atoms with Crippen LogP contribution in [0.2, 0.25) is 10.0 Å². The molecule has 1 atom stereocenters. The molecule has 3 aromatic carbocycles. The lowest BCUT2D eigenvalue weighted by atomic mass is 9.91. The van der Waals surface area contributed by atoms with Gasteiger partial charge in [-0.1, -0.05) is 29.3 Å². The predicted molar refractivity (Wildman–Crippen MR) is 130 cm³/mol. The van der Waals surface area contributed by atoms with Crippen molar-refractivity contribution in [2.45, 2.75) is 18.6 Å². The van der Waals surface area contributed by atoms with Crippen molar-refractivity contribution >= 4 is 29.1 Å². The number of carbonyl (C=O) groups is 1. The third-order valence-corrected chi connectivity index (χ3v) is 6.54. The lowest BCUT2D eigenvalue weighted by molar-refractivity contribution is -0.137. The van der Waals surface area contributed by atoms with Gasteiger partial charge in [0.05, 0.1) is 36.4 Å². The Kier molecular flexibility index (Phi) is 7.57. The van der Waals surface area contributed by atoms with Gasteiger partial charge in [0.25, 0.3) is 5.91 Å². The molecule has 4 rings (SSSR count). The molecular weight excluding hydrogens is 518 g/mol. The molecule has 0 unspecified atom stereocenters. The number of ether oxygens (including phenoxy) is 3. The van der Waals surface area contributed by atoms with Crippen molar-refractivity contribution in [3.8, 4) is 17.2 Å². The summed E-state index contributed by atoms with van der Waals surface area (Å²) in [4.78, 5) is 15.2. The summed E-state index contributed by atoms with van der Waals surface area (Å²) in [6.45, 7) is 0.234. The van der Waals surface area contributed by atoms with Gasteiger partial charge < -0.3 is 19.1 Å². The minimum absolute atomic E-state index is 0.0364. The minimum atomic E-state index is -4.51. The van der Waals surface area contributed by atoms with E-state index < -0.39 is 17.8 Å². The van der Waals surface area contributed by atoms with Gasteiger partial charge in [0.1, 0.15) is 12.4 Å². The first-order valence-corrected chi connectivity index (χ1v) is 11.7. The van der Waals surface area contributed by atoms with Crippen molar-refractivity contribution in [2.24, 2.45) is 0 Å². The van der Waals surface area contributed by atoms with Crippen LogP contribution in [0.4, 0.5) is 13.2 Å². The quantitative estimate of drug-likeness (QED) is 0.343. The lowest BCUT2D eigenvalue weighted by Crippen LogP contribution is -2.42. The van der Waals surface area contributed by atoms with Crippen molar-refractivity contribution in [2.75, 3.05) is 27.4 Å². The van der Waals surface area contributed by atoms with E-state index in [-0.39, 0.29) is 28.8 Å². The second kappa shape index (κ2) is 10.5. The first-order chi connectivity index (χ1) is 17.1. The van der Waals surface area contributed by atoms with Gasteiger partial charge in [-0.3, -0.25) is 4.79 Å². The number of hydrogen-bond donors (Lipinski definition) is 0. The van der Waals surface area contributed by atoms with Crippen molar-refractivity contribution in [1.29, 1.82) is 0 Å². The molecule has 1 amide bonds. The molecule has 1 heterocycles. The Morgan fingerprint density at radius 2 is 1.75 bits per heavy atom. The maximum atomic E-state index is 13.6. The van der Waals surface area contributed by atoms with Crippen molar-refractivity contribution in [1.82, 2.24) is 4.90 Å². The highest BCUT2D eigenvalue weighted by Gasteiger charge is 2.35. The van der Waals surface area contributed by atoms with Crippen LogP contribution in [0.5, 0.6) is 17.2 Å². The number of fused-ring (bicyclic) bond motifs is 1. The van der Waals surface area contributed by atoms with Crippen LogP contribution in [0, 0.1) is 0 Å². The van der Waals surface area contributed by atoms with E-state index in [4.69, 9.17) is 37.4 Å². The summed E-state index contributed by atoms with van der Waals surface area (Å²) >= 11 is 12.3. The fourth-order valence-corrected chi connectivity index (χ4v) is 4.70. The summed E-state index contributed by atoms with van der Waals surface area (Å²) in [5, 5.41) is 0.588. The smallest absolute Gasteiger partial charge is 0.416 e. The second-order valence-corrected chi connectivity index (χ2v) is 8.97. The van der Waals surface area contributed by atoms with Gasteiger partial charge in [-0.15, -0.1) is 0 Å². The maximum Gasteiger partial charge on any atom is 0.416 e. The highest BCUT2D eigenvalue weighted by Crippen LogP contribution is 2.40. The summed E-state index contributed by atoms with van der Waals surface area (Å²) in [5.74, 6) is 0.678. The monoisotopic (exact) mass is 539 g/mol. The molecule has 3 aromatic rings. The minimum Gasteiger partial charge on any atom is -0.493 e. The molecule has 0 aliphatic carbocycles. The van der Waals surface area contributed by atoms with E-state index in [1.807, 2.05) is 6.07 Å². The number of carbonyl (C=O) groups excluding carboxylic acids is 1. The standard InChI is InChI=1S/C26H22Cl2F3NO4/c1-34-23-10-15-8-9-32(25(33)19-7-6-17(27)12-21(19)28)22(20(15)13-24(23)35-2)14-36-18-5-3-4-16(11-18)26(29,30)31/h3-7,10-13,22H,8-9,14H2,1-2H3/t22-/m1/s1. The number of methoxy groups -OCH3 is 2. The normalized spacial score (nSPS) is 15.3. The SMILES string of the molecule is COc1cc2c(cc1OC)[C@@H](COc1cccc(C(F)(F)F)c1)N(C(=O)c1ccc(Cl)cc1Cl)CC2. The molecule has 0 aromatic heterocycles. The molecule has 190 valence electrons. The lowest BCUT2D eigenvalue weighted by Gasteiger charge is -2.38. The Morgan fingerprint density at radius 1 is 1.03 bits per heavy atom.